The highest BCUT2D eigenvalue weighted by Crippen LogP contribution is 2.30. The van der Waals surface area contributed by atoms with Crippen molar-refractivity contribution >= 4 is 34.5 Å². The zero-order valence-corrected chi connectivity index (χ0v) is 10.4. The zero-order valence-electron chi connectivity index (χ0n) is 8.08. The topological polar surface area (TPSA) is 36.7 Å². The first-order valence-electron chi connectivity index (χ1n) is 4.47. The lowest BCUT2D eigenvalue weighted by Crippen LogP contribution is -1.82. The van der Waals surface area contributed by atoms with Crippen molar-refractivity contribution in [3.05, 3.63) is 39.3 Å². The predicted molar refractivity (Wildman–Crippen MR) is 66.9 cm³/mol. The SMILES string of the molecule is N#CCc1csc(-c2ccc(Cl)c(Cl)c2)n1. The number of halogens is 2. The number of aromatic nitrogens is 1. The molecule has 0 radical (unpaired) electrons. The Bertz CT molecular complexity index is 557. The highest BCUT2D eigenvalue weighted by Gasteiger charge is 2.06. The fourth-order valence-corrected chi connectivity index (χ4v) is 2.35. The fourth-order valence-electron chi connectivity index (χ4n) is 1.23. The molecule has 0 fully saturated rings. The van der Waals surface area contributed by atoms with Gasteiger partial charge < -0.3 is 0 Å². The first-order valence-corrected chi connectivity index (χ1v) is 6.11. The van der Waals surface area contributed by atoms with E-state index >= 15 is 0 Å². The molecule has 0 saturated heterocycles. The summed E-state index contributed by atoms with van der Waals surface area (Å²) in [5.74, 6) is 0. The van der Waals surface area contributed by atoms with E-state index in [1.807, 2.05) is 11.4 Å². The van der Waals surface area contributed by atoms with Crippen molar-refractivity contribution < 1.29 is 0 Å². The monoisotopic (exact) mass is 268 g/mol. The number of rotatable bonds is 2. The standard InChI is InChI=1S/C11H6Cl2N2S/c12-9-2-1-7(5-10(9)13)11-15-8(3-4-14)6-16-11/h1-2,5-6H,3H2. The maximum atomic E-state index is 8.56. The van der Waals surface area contributed by atoms with Crippen LogP contribution in [0, 0.1) is 11.3 Å². The Kier molecular flexibility index (Phi) is 3.45. The summed E-state index contributed by atoms with van der Waals surface area (Å²) in [6.07, 6.45) is 0.331. The van der Waals surface area contributed by atoms with Gasteiger partial charge in [0.2, 0.25) is 0 Å². The third-order valence-electron chi connectivity index (χ3n) is 1.98. The second-order valence-electron chi connectivity index (χ2n) is 3.11. The summed E-state index contributed by atoms with van der Waals surface area (Å²) in [4.78, 5) is 4.34. The predicted octanol–water partition coefficient (Wildman–Crippen LogP) is 4.18. The molecule has 0 amide bonds. The molecule has 0 aliphatic carbocycles. The van der Waals surface area contributed by atoms with Crippen molar-refractivity contribution in [2.24, 2.45) is 0 Å². The van der Waals surface area contributed by atoms with Crippen LogP contribution in [0.4, 0.5) is 0 Å². The summed E-state index contributed by atoms with van der Waals surface area (Å²) < 4.78 is 0. The van der Waals surface area contributed by atoms with E-state index in [1.54, 1.807) is 12.1 Å². The van der Waals surface area contributed by atoms with Crippen molar-refractivity contribution in [1.29, 1.82) is 5.26 Å². The van der Waals surface area contributed by atoms with Gasteiger partial charge in [-0.25, -0.2) is 4.98 Å². The van der Waals surface area contributed by atoms with Crippen LogP contribution in [-0.2, 0) is 6.42 Å². The van der Waals surface area contributed by atoms with Gasteiger partial charge in [0, 0.05) is 10.9 Å². The van der Waals surface area contributed by atoms with Crippen molar-refractivity contribution in [2.45, 2.75) is 6.42 Å². The lowest BCUT2D eigenvalue weighted by Gasteiger charge is -1.98. The van der Waals surface area contributed by atoms with Crippen LogP contribution in [0.25, 0.3) is 10.6 Å². The van der Waals surface area contributed by atoms with E-state index < -0.39 is 0 Å². The molecule has 0 aliphatic rings. The van der Waals surface area contributed by atoms with E-state index in [9.17, 15) is 0 Å². The largest absolute Gasteiger partial charge is 0.240 e. The molecular formula is C11H6Cl2N2S. The number of thiazole rings is 1. The van der Waals surface area contributed by atoms with Crippen LogP contribution >= 0.6 is 34.5 Å². The van der Waals surface area contributed by atoms with Crippen molar-refractivity contribution in [2.75, 3.05) is 0 Å². The van der Waals surface area contributed by atoms with Gasteiger partial charge in [0.25, 0.3) is 0 Å². The molecule has 0 aliphatic heterocycles. The molecule has 0 atom stereocenters. The lowest BCUT2D eigenvalue weighted by molar-refractivity contribution is 1.16. The molecule has 0 N–H and O–H groups in total. The van der Waals surface area contributed by atoms with E-state index in [4.69, 9.17) is 28.5 Å². The van der Waals surface area contributed by atoms with Crippen LogP contribution in [0.2, 0.25) is 10.0 Å². The molecule has 2 aromatic rings. The van der Waals surface area contributed by atoms with Gasteiger partial charge in [0.05, 0.1) is 28.2 Å². The van der Waals surface area contributed by atoms with Crippen LogP contribution in [0.1, 0.15) is 5.69 Å². The molecule has 2 rings (SSSR count). The number of benzene rings is 1. The minimum atomic E-state index is 0.331. The first kappa shape index (κ1) is 11.4. The summed E-state index contributed by atoms with van der Waals surface area (Å²) in [6.45, 7) is 0. The maximum Gasteiger partial charge on any atom is 0.123 e. The number of nitrogens with zero attached hydrogens (tertiary/aromatic N) is 2. The van der Waals surface area contributed by atoms with E-state index in [1.165, 1.54) is 11.3 Å². The minimum absolute atomic E-state index is 0.331. The molecular weight excluding hydrogens is 263 g/mol. The zero-order chi connectivity index (χ0) is 11.5. The molecule has 0 bridgehead atoms. The summed E-state index contributed by atoms with van der Waals surface area (Å²) in [5, 5.41) is 12.3. The number of hydrogen-bond donors (Lipinski definition) is 0. The molecule has 1 aromatic heterocycles. The molecule has 0 unspecified atom stereocenters. The maximum absolute atomic E-state index is 8.56. The first-order chi connectivity index (χ1) is 7.70. The molecule has 80 valence electrons. The Balaban J connectivity index is 2.36. The van der Waals surface area contributed by atoms with E-state index in [0.717, 1.165) is 16.3 Å². The average molecular weight is 269 g/mol. The van der Waals surface area contributed by atoms with E-state index in [2.05, 4.69) is 11.1 Å². The van der Waals surface area contributed by atoms with Gasteiger partial charge in [0.15, 0.2) is 0 Å². The molecule has 2 nitrogen and oxygen atoms in total. The molecule has 16 heavy (non-hydrogen) atoms. The minimum Gasteiger partial charge on any atom is -0.240 e. The second-order valence-corrected chi connectivity index (χ2v) is 4.78. The lowest BCUT2D eigenvalue weighted by atomic mass is 10.2. The fraction of sp³-hybridized carbons (Fsp3) is 0.0909. The number of nitriles is 1. The van der Waals surface area contributed by atoms with Gasteiger partial charge in [-0.15, -0.1) is 11.3 Å². The second kappa shape index (κ2) is 4.84. The number of hydrogen-bond acceptors (Lipinski definition) is 3. The Morgan fingerprint density at radius 2 is 2.12 bits per heavy atom. The van der Waals surface area contributed by atoms with Crippen LogP contribution < -0.4 is 0 Å². The van der Waals surface area contributed by atoms with E-state index in [0.29, 0.717) is 16.5 Å². The molecule has 0 saturated carbocycles. The molecule has 0 spiro atoms. The summed E-state index contributed by atoms with van der Waals surface area (Å²) in [7, 11) is 0. The molecule has 1 heterocycles. The van der Waals surface area contributed by atoms with Crippen molar-refractivity contribution in [3.63, 3.8) is 0 Å². The highest BCUT2D eigenvalue weighted by atomic mass is 35.5. The summed E-state index contributed by atoms with van der Waals surface area (Å²) in [6, 6.07) is 7.45. The summed E-state index contributed by atoms with van der Waals surface area (Å²) in [5.41, 5.74) is 1.71. The van der Waals surface area contributed by atoms with Gasteiger partial charge in [-0.2, -0.15) is 5.26 Å². The third kappa shape index (κ3) is 2.35. The van der Waals surface area contributed by atoms with Gasteiger partial charge >= 0.3 is 0 Å². The normalized spacial score (nSPS) is 10.1. The average Bonchev–Trinajstić information content (AvgIpc) is 2.71. The Hall–Kier alpha value is -1.08. The quantitative estimate of drug-likeness (QED) is 0.819. The van der Waals surface area contributed by atoms with Crippen LogP contribution in [0.3, 0.4) is 0 Å². The third-order valence-corrected chi connectivity index (χ3v) is 3.66. The van der Waals surface area contributed by atoms with Crippen LogP contribution in [0.15, 0.2) is 23.6 Å². The highest BCUT2D eigenvalue weighted by molar-refractivity contribution is 7.13. The molecule has 1 aromatic carbocycles. The van der Waals surface area contributed by atoms with Crippen LogP contribution in [0.5, 0.6) is 0 Å². The molecule has 5 heteroatoms. The van der Waals surface area contributed by atoms with Gasteiger partial charge in [-0.3, -0.25) is 0 Å². The summed E-state index contributed by atoms with van der Waals surface area (Å²) >= 11 is 13.2. The van der Waals surface area contributed by atoms with Gasteiger partial charge in [-0.05, 0) is 12.1 Å². The van der Waals surface area contributed by atoms with Crippen molar-refractivity contribution in [1.82, 2.24) is 4.98 Å². The Morgan fingerprint density at radius 1 is 1.31 bits per heavy atom. The smallest absolute Gasteiger partial charge is 0.123 e. The van der Waals surface area contributed by atoms with Gasteiger partial charge in [-0.1, -0.05) is 29.3 Å². The van der Waals surface area contributed by atoms with E-state index in [-0.39, 0.29) is 0 Å². The van der Waals surface area contributed by atoms with Gasteiger partial charge in [0.1, 0.15) is 5.01 Å². The Labute approximate surface area is 107 Å². The van der Waals surface area contributed by atoms with Crippen LogP contribution in [-0.4, -0.2) is 4.98 Å². The van der Waals surface area contributed by atoms with Crippen molar-refractivity contribution in [3.8, 4) is 16.6 Å². The Morgan fingerprint density at radius 3 is 2.81 bits per heavy atom.